The predicted octanol–water partition coefficient (Wildman–Crippen LogP) is 3.32. The maximum atomic E-state index is 6.42. The third kappa shape index (κ3) is 2.53. The van der Waals surface area contributed by atoms with Crippen molar-refractivity contribution in [2.45, 2.75) is 33.2 Å². The molecule has 0 spiro atoms. The van der Waals surface area contributed by atoms with Gasteiger partial charge in [-0.15, -0.1) is 0 Å². The Kier molecular flexibility index (Phi) is 4.27. The standard InChI is InChI=1S/C15H20ClN3/c1-4-13-15(14(5-2)19(3)18-13)11-7-6-10(9-17)8-12(11)16/h6-8H,4-5,9,17H2,1-3H3. The molecule has 0 bridgehead atoms. The lowest BCUT2D eigenvalue weighted by atomic mass is 9.99. The fourth-order valence-electron chi connectivity index (χ4n) is 2.47. The first kappa shape index (κ1) is 14.1. The third-order valence-corrected chi connectivity index (χ3v) is 3.76. The molecule has 3 nitrogen and oxygen atoms in total. The van der Waals surface area contributed by atoms with Crippen LogP contribution in [0.15, 0.2) is 18.2 Å². The molecule has 0 unspecified atom stereocenters. The molecule has 2 aromatic rings. The summed E-state index contributed by atoms with van der Waals surface area (Å²) in [5.41, 5.74) is 11.3. The van der Waals surface area contributed by atoms with E-state index < -0.39 is 0 Å². The molecule has 0 saturated heterocycles. The van der Waals surface area contributed by atoms with E-state index in [0.717, 1.165) is 34.7 Å². The van der Waals surface area contributed by atoms with Gasteiger partial charge in [0.25, 0.3) is 0 Å². The van der Waals surface area contributed by atoms with Gasteiger partial charge >= 0.3 is 0 Å². The van der Waals surface area contributed by atoms with Gasteiger partial charge in [-0.05, 0) is 24.5 Å². The van der Waals surface area contributed by atoms with Crippen LogP contribution in [0.1, 0.15) is 30.8 Å². The zero-order chi connectivity index (χ0) is 14.0. The highest BCUT2D eigenvalue weighted by atomic mass is 35.5. The highest BCUT2D eigenvalue weighted by Crippen LogP contribution is 2.34. The molecular weight excluding hydrogens is 258 g/mol. The normalized spacial score (nSPS) is 11.0. The van der Waals surface area contributed by atoms with Crippen molar-refractivity contribution in [3.05, 3.63) is 40.2 Å². The van der Waals surface area contributed by atoms with Gasteiger partial charge < -0.3 is 5.73 Å². The van der Waals surface area contributed by atoms with E-state index in [1.807, 2.05) is 23.9 Å². The maximum Gasteiger partial charge on any atom is 0.0703 e. The lowest BCUT2D eigenvalue weighted by Gasteiger charge is -2.09. The van der Waals surface area contributed by atoms with Crippen molar-refractivity contribution in [3.63, 3.8) is 0 Å². The van der Waals surface area contributed by atoms with Crippen LogP contribution in [0.5, 0.6) is 0 Å². The van der Waals surface area contributed by atoms with Crippen molar-refractivity contribution >= 4 is 11.6 Å². The number of rotatable bonds is 4. The molecule has 2 N–H and O–H groups in total. The molecule has 1 aromatic heterocycles. The Morgan fingerprint density at radius 3 is 2.53 bits per heavy atom. The molecular formula is C15H20ClN3. The van der Waals surface area contributed by atoms with Gasteiger partial charge in [0.2, 0.25) is 0 Å². The van der Waals surface area contributed by atoms with Crippen LogP contribution in [-0.4, -0.2) is 9.78 Å². The Labute approximate surface area is 119 Å². The highest BCUT2D eigenvalue weighted by Gasteiger charge is 2.17. The SMILES string of the molecule is CCc1nn(C)c(CC)c1-c1ccc(CN)cc1Cl. The molecule has 0 atom stereocenters. The average molecular weight is 278 g/mol. The molecule has 0 aliphatic heterocycles. The van der Waals surface area contributed by atoms with Gasteiger partial charge in [-0.2, -0.15) is 5.10 Å². The Morgan fingerprint density at radius 2 is 2.00 bits per heavy atom. The monoisotopic (exact) mass is 277 g/mol. The maximum absolute atomic E-state index is 6.42. The number of aromatic nitrogens is 2. The Bertz CT molecular complexity index is 587. The van der Waals surface area contributed by atoms with Crippen molar-refractivity contribution in [2.75, 3.05) is 0 Å². The average Bonchev–Trinajstić information content (AvgIpc) is 2.74. The highest BCUT2D eigenvalue weighted by molar-refractivity contribution is 6.33. The van der Waals surface area contributed by atoms with E-state index in [2.05, 4.69) is 25.0 Å². The lowest BCUT2D eigenvalue weighted by Crippen LogP contribution is -1.98. The number of aryl methyl sites for hydroxylation is 2. The summed E-state index contributed by atoms with van der Waals surface area (Å²) in [5, 5.41) is 5.34. The number of hydrogen-bond acceptors (Lipinski definition) is 2. The summed E-state index contributed by atoms with van der Waals surface area (Å²) in [6, 6.07) is 6.04. The number of nitrogens with zero attached hydrogens (tertiary/aromatic N) is 2. The molecule has 4 heteroatoms. The minimum Gasteiger partial charge on any atom is -0.326 e. The van der Waals surface area contributed by atoms with Gasteiger partial charge in [-0.1, -0.05) is 37.6 Å². The summed E-state index contributed by atoms with van der Waals surface area (Å²) in [6.45, 7) is 4.77. The quantitative estimate of drug-likeness (QED) is 0.932. The van der Waals surface area contributed by atoms with Crippen LogP contribution in [0.25, 0.3) is 11.1 Å². The molecule has 0 radical (unpaired) electrons. The smallest absolute Gasteiger partial charge is 0.0703 e. The minimum atomic E-state index is 0.508. The summed E-state index contributed by atoms with van der Waals surface area (Å²) in [4.78, 5) is 0. The van der Waals surface area contributed by atoms with Crippen LogP contribution >= 0.6 is 11.6 Å². The fourth-order valence-corrected chi connectivity index (χ4v) is 2.77. The third-order valence-electron chi connectivity index (χ3n) is 3.45. The lowest BCUT2D eigenvalue weighted by molar-refractivity contribution is 0.705. The minimum absolute atomic E-state index is 0.508. The molecule has 0 saturated carbocycles. The van der Waals surface area contributed by atoms with Crippen LogP contribution in [0, 0.1) is 0 Å². The van der Waals surface area contributed by atoms with Crippen molar-refractivity contribution < 1.29 is 0 Å². The van der Waals surface area contributed by atoms with Crippen LogP contribution in [0.2, 0.25) is 5.02 Å². The first-order valence-electron chi connectivity index (χ1n) is 6.65. The first-order valence-corrected chi connectivity index (χ1v) is 7.03. The predicted molar refractivity (Wildman–Crippen MR) is 80.3 cm³/mol. The van der Waals surface area contributed by atoms with E-state index in [-0.39, 0.29) is 0 Å². The van der Waals surface area contributed by atoms with Crippen molar-refractivity contribution in [1.29, 1.82) is 0 Å². The van der Waals surface area contributed by atoms with E-state index in [4.69, 9.17) is 17.3 Å². The second-order valence-electron chi connectivity index (χ2n) is 4.62. The molecule has 2 rings (SSSR count). The molecule has 0 amide bonds. The molecule has 1 aromatic carbocycles. The van der Waals surface area contributed by atoms with Crippen LogP contribution in [0.4, 0.5) is 0 Å². The number of halogens is 1. The topological polar surface area (TPSA) is 43.8 Å². The van der Waals surface area contributed by atoms with Crippen LogP contribution in [0.3, 0.4) is 0 Å². The second kappa shape index (κ2) is 5.76. The van der Waals surface area contributed by atoms with Gasteiger partial charge in [0.15, 0.2) is 0 Å². The number of nitrogens with two attached hydrogens (primary N) is 1. The molecule has 102 valence electrons. The van der Waals surface area contributed by atoms with Gasteiger partial charge in [0.1, 0.15) is 0 Å². The van der Waals surface area contributed by atoms with Crippen molar-refractivity contribution in [1.82, 2.24) is 9.78 Å². The largest absolute Gasteiger partial charge is 0.326 e. The fraction of sp³-hybridized carbons (Fsp3) is 0.400. The van der Waals surface area contributed by atoms with Crippen LogP contribution in [-0.2, 0) is 26.4 Å². The van der Waals surface area contributed by atoms with E-state index in [9.17, 15) is 0 Å². The molecule has 0 aliphatic rings. The van der Waals surface area contributed by atoms with E-state index >= 15 is 0 Å². The summed E-state index contributed by atoms with van der Waals surface area (Å²) >= 11 is 6.42. The molecule has 19 heavy (non-hydrogen) atoms. The summed E-state index contributed by atoms with van der Waals surface area (Å²) in [6.07, 6.45) is 1.84. The van der Waals surface area contributed by atoms with Gasteiger partial charge in [-0.3, -0.25) is 4.68 Å². The summed E-state index contributed by atoms with van der Waals surface area (Å²) in [5.74, 6) is 0. The number of benzene rings is 1. The van der Waals surface area contributed by atoms with Gasteiger partial charge in [0, 0.05) is 35.4 Å². The van der Waals surface area contributed by atoms with Gasteiger partial charge in [-0.25, -0.2) is 0 Å². The van der Waals surface area contributed by atoms with E-state index in [0.29, 0.717) is 6.54 Å². The first-order chi connectivity index (χ1) is 9.12. The second-order valence-corrected chi connectivity index (χ2v) is 5.02. The zero-order valence-corrected chi connectivity index (χ0v) is 12.5. The van der Waals surface area contributed by atoms with Crippen molar-refractivity contribution in [2.24, 2.45) is 12.8 Å². The number of hydrogen-bond donors (Lipinski definition) is 1. The molecule has 0 fully saturated rings. The molecule has 0 aliphatic carbocycles. The summed E-state index contributed by atoms with van der Waals surface area (Å²) < 4.78 is 1.96. The van der Waals surface area contributed by atoms with E-state index in [1.165, 1.54) is 11.3 Å². The Hall–Kier alpha value is -1.32. The summed E-state index contributed by atoms with van der Waals surface area (Å²) in [7, 11) is 1.99. The Balaban J connectivity index is 2.64. The Morgan fingerprint density at radius 1 is 1.26 bits per heavy atom. The zero-order valence-electron chi connectivity index (χ0n) is 11.7. The van der Waals surface area contributed by atoms with Gasteiger partial charge in [0.05, 0.1) is 5.69 Å². The van der Waals surface area contributed by atoms with E-state index in [1.54, 1.807) is 0 Å². The molecule has 1 heterocycles. The van der Waals surface area contributed by atoms with Crippen LogP contribution < -0.4 is 5.73 Å². The van der Waals surface area contributed by atoms with Crippen molar-refractivity contribution in [3.8, 4) is 11.1 Å².